The average molecular weight is 265 g/mol. The molecule has 1 aromatic carbocycles. The Labute approximate surface area is 111 Å². The van der Waals surface area contributed by atoms with Crippen molar-refractivity contribution in [3.05, 3.63) is 53.4 Å². The standard InChI is InChI=1S/C14H17F2N3/c1-2-12(17)5-11-7-18-19(9-11)8-10-3-4-13(15)14(16)6-10/h3-4,6-7,9,12H,2,5,8,17H2,1H3. The number of halogens is 2. The van der Waals surface area contributed by atoms with E-state index in [2.05, 4.69) is 5.10 Å². The molecule has 0 saturated heterocycles. The third kappa shape index (κ3) is 3.61. The summed E-state index contributed by atoms with van der Waals surface area (Å²) in [6.45, 7) is 2.45. The molecule has 0 amide bonds. The van der Waals surface area contributed by atoms with Gasteiger partial charge in [-0.3, -0.25) is 4.68 Å². The van der Waals surface area contributed by atoms with E-state index in [0.717, 1.165) is 24.5 Å². The van der Waals surface area contributed by atoms with E-state index in [1.807, 2.05) is 13.1 Å². The third-order valence-electron chi connectivity index (χ3n) is 3.04. The van der Waals surface area contributed by atoms with Crippen molar-refractivity contribution < 1.29 is 8.78 Å². The van der Waals surface area contributed by atoms with Gasteiger partial charge in [-0.15, -0.1) is 0 Å². The first-order chi connectivity index (χ1) is 9.08. The van der Waals surface area contributed by atoms with Crippen molar-refractivity contribution in [3.63, 3.8) is 0 Å². The molecule has 3 nitrogen and oxygen atoms in total. The number of nitrogens with two attached hydrogens (primary N) is 1. The van der Waals surface area contributed by atoms with Crippen molar-refractivity contribution in [1.29, 1.82) is 0 Å². The maximum atomic E-state index is 13.1. The molecule has 5 heteroatoms. The Morgan fingerprint density at radius 2 is 2.05 bits per heavy atom. The summed E-state index contributed by atoms with van der Waals surface area (Å²) < 4.78 is 27.6. The van der Waals surface area contributed by atoms with Gasteiger partial charge in [-0.05, 0) is 36.1 Å². The molecular weight excluding hydrogens is 248 g/mol. The summed E-state index contributed by atoms with van der Waals surface area (Å²) in [6, 6.07) is 3.99. The number of nitrogens with zero attached hydrogens (tertiary/aromatic N) is 2. The largest absolute Gasteiger partial charge is 0.327 e. The van der Waals surface area contributed by atoms with E-state index in [9.17, 15) is 8.78 Å². The Kier molecular flexibility index (Phi) is 4.27. The highest BCUT2D eigenvalue weighted by Crippen LogP contribution is 2.11. The summed E-state index contributed by atoms with van der Waals surface area (Å²) in [7, 11) is 0. The van der Waals surface area contributed by atoms with E-state index in [0.29, 0.717) is 12.1 Å². The molecule has 0 spiro atoms. The van der Waals surface area contributed by atoms with Crippen LogP contribution in [0.4, 0.5) is 8.78 Å². The SMILES string of the molecule is CCC(N)Cc1cnn(Cc2ccc(F)c(F)c2)c1. The molecule has 0 aliphatic rings. The zero-order chi connectivity index (χ0) is 13.8. The maximum Gasteiger partial charge on any atom is 0.159 e. The lowest BCUT2D eigenvalue weighted by atomic mass is 10.1. The molecule has 1 atom stereocenters. The second-order valence-corrected chi connectivity index (χ2v) is 4.67. The Balaban J connectivity index is 2.05. The minimum absolute atomic E-state index is 0.126. The average Bonchev–Trinajstić information content (AvgIpc) is 2.81. The van der Waals surface area contributed by atoms with E-state index in [4.69, 9.17) is 5.73 Å². The normalized spacial score (nSPS) is 12.6. The van der Waals surface area contributed by atoms with Crippen molar-refractivity contribution in [2.24, 2.45) is 5.73 Å². The zero-order valence-electron chi connectivity index (χ0n) is 10.8. The fraction of sp³-hybridized carbons (Fsp3) is 0.357. The molecule has 1 heterocycles. The predicted molar refractivity (Wildman–Crippen MR) is 69.7 cm³/mol. The second-order valence-electron chi connectivity index (χ2n) is 4.67. The van der Waals surface area contributed by atoms with Gasteiger partial charge in [-0.2, -0.15) is 5.10 Å². The van der Waals surface area contributed by atoms with Crippen LogP contribution in [0.1, 0.15) is 24.5 Å². The van der Waals surface area contributed by atoms with E-state index in [1.54, 1.807) is 16.9 Å². The molecule has 0 bridgehead atoms. The lowest BCUT2D eigenvalue weighted by Crippen LogP contribution is -2.21. The van der Waals surface area contributed by atoms with Gasteiger partial charge in [0, 0.05) is 12.2 Å². The molecule has 2 aromatic rings. The number of hydrogen-bond acceptors (Lipinski definition) is 2. The first-order valence-electron chi connectivity index (χ1n) is 6.29. The quantitative estimate of drug-likeness (QED) is 0.902. The minimum Gasteiger partial charge on any atom is -0.327 e. The van der Waals surface area contributed by atoms with Crippen molar-refractivity contribution in [2.45, 2.75) is 32.4 Å². The molecule has 2 rings (SSSR count). The Bertz CT molecular complexity index is 551. The van der Waals surface area contributed by atoms with Crippen LogP contribution in [0.5, 0.6) is 0 Å². The van der Waals surface area contributed by atoms with Gasteiger partial charge in [0.15, 0.2) is 11.6 Å². The van der Waals surface area contributed by atoms with Crippen molar-refractivity contribution >= 4 is 0 Å². The molecular formula is C14H17F2N3. The van der Waals surface area contributed by atoms with Gasteiger partial charge in [0.2, 0.25) is 0 Å². The van der Waals surface area contributed by atoms with Crippen LogP contribution in [0.2, 0.25) is 0 Å². The van der Waals surface area contributed by atoms with Gasteiger partial charge in [-0.25, -0.2) is 8.78 Å². The first kappa shape index (κ1) is 13.7. The summed E-state index contributed by atoms with van der Waals surface area (Å²) in [6.07, 6.45) is 5.33. The molecule has 0 aliphatic heterocycles. The van der Waals surface area contributed by atoms with Gasteiger partial charge in [0.05, 0.1) is 12.7 Å². The van der Waals surface area contributed by atoms with Gasteiger partial charge in [-0.1, -0.05) is 13.0 Å². The van der Waals surface area contributed by atoms with E-state index in [1.165, 1.54) is 6.07 Å². The monoisotopic (exact) mass is 265 g/mol. The molecule has 1 unspecified atom stereocenters. The van der Waals surface area contributed by atoms with E-state index >= 15 is 0 Å². The lowest BCUT2D eigenvalue weighted by molar-refractivity contribution is 0.505. The van der Waals surface area contributed by atoms with E-state index in [-0.39, 0.29) is 6.04 Å². The van der Waals surface area contributed by atoms with Crippen molar-refractivity contribution in [1.82, 2.24) is 9.78 Å². The smallest absolute Gasteiger partial charge is 0.159 e. The lowest BCUT2D eigenvalue weighted by Gasteiger charge is -2.05. The fourth-order valence-corrected chi connectivity index (χ4v) is 1.87. The number of benzene rings is 1. The number of rotatable bonds is 5. The highest BCUT2D eigenvalue weighted by Gasteiger charge is 2.06. The summed E-state index contributed by atoms with van der Waals surface area (Å²) >= 11 is 0. The van der Waals surface area contributed by atoms with Gasteiger partial charge in [0.25, 0.3) is 0 Å². The zero-order valence-corrected chi connectivity index (χ0v) is 10.8. The third-order valence-corrected chi connectivity index (χ3v) is 3.04. The maximum absolute atomic E-state index is 13.1. The van der Waals surface area contributed by atoms with Crippen molar-refractivity contribution in [3.8, 4) is 0 Å². The summed E-state index contributed by atoms with van der Waals surface area (Å²) in [5, 5.41) is 4.20. The Morgan fingerprint density at radius 1 is 1.26 bits per heavy atom. The molecule has 0 radical (unpaired) electrons. The number of aromatic nitrogens is 2. The van der Waals surface area contributed by atoms with Crippen LogP contribution >= 0.6 is 0 Å². The highest BCUT2D eigenvalue weighted by atomic mass is 19.2. The molecule has 19 heavy (non-hydrogen) atoms. The molecule has 1 aromatic heterocycles. The van der Waals surface area contributed by atoms with Crippen LogP contribution in [0, 0.1) is 11.6 Å². The van der Waals surface area contributed by atoms with Crippen LogP contribution in [0.15, 0.2) is 30.6 Å². The van der Waals surface area contributed by atoms with Crippen LogP contribution in [0.3, 0.4) is 0 Å². The van der Waals surface area contributed by atoms with Crippen LogP contribution < -0.4 is 5.73 Å². The summed E-state index contributed by atoms with van der Waals surface area (Å²) in [5.41, 5.74) is 7.60. The second kappa shape index (κ2) is 5.93. The van der Waals surface area contributed by atoms with Gasteiger partial charge in [0.1, 0.15) is 0 Å². The predicted octanol–water partition coefficient (Wildman–Crippen LogP) is 2.49. The number of hydrogen-bond donors (Lipinski definition) is 1. The first-order valence-corrected chi connectivity index (χ1v) is 6.29. The summed E-state index contributed by atoms with van der Waals surface area (Å²) in [4.78, 5) is 0. The van der Waals surface area contributed by atoms with Crippen LogP contribution in [-0.4, -0.2) is 15.8 Å². The molecule has 0 fully saturated rings. The van der Waals surface area contributed by atoms with Gasteiger partial charge < -0.3 is 5.73 Å². The Morgan fingerprint density at radius 3 is 2.74 bits per heavy atom. The Hall–Kier alpha value is -1.75. The van der Waals surface area contributed by atoms with Gasteiger partial charge >= 0.3 is 0 Å². The molecule has 2 N–H and O–H groups in total. The topological polar surface area (TPSA) is 43.8 Å². The highest BCUT2D eigenvalue weighted by molar-refractivity contribution is 5.18. The van der Waals surface area contributed by atoms with Crippen LogP contribution in [-0.2, 0) is 13.0 Å². The van der Waals surface area contributed by atoms with Crippen LogP contribution in [0.25, 0.3) is 0 Å². The summed E-state index contributed by atoms with van der Waals surface area (Å²) in [5.74, 6) is -1.67. The fourth-order valence-electron chi connectivity index (χ4n) is 1.87. The molecule has 0 saturated carbocycles. The van der Waals surface area contributed by atoms with E-state index < -0.39 is 11.6 Å². The molecule has 0 aliphatic carbocycles. The molecule has 102 valence electrons. The van der Waals surface area contributed by atoms with Crippen molar-refractivity contribution in [2.75, 3.05) is 0 Å². The minimum atomic E-state index is -0.835.